The van der Waals surface area contributed by atoms with Gasteiger partial charge in [0.1, 0.15) is 5.69 Å². The van der Waals surface area contributed by atoms with Gasteiger partial charge in [-0.3, -0.25) is 20.0 Å². The number of amides is 1. The molecular weight excluding hydrogens is 366 g/mol. The van der Waals surface area contributed by atoms with Crippen LogP contribution in [0.4, 0.5) is 5.69 Å². The number of H-pyrrole nitrogens is 1. The number of aromatic hydroxyl groups is 1. The van der Waals surface area contributed by atoms with Gasteiger partial charge in [0.15, 0.2) is 5.75 Å². The number of rotatable bonds is 6. The van der Waals surface area contributed by atoms with Crippen LogP contribution >= 0.6 is 0 Å². The van der Waals surface area contributed by atoms with E-state index in [4.69, 9.17) is 4.74 Å². The summed E-state index contributed by atoms with van der Waals surface area (Å²) in [6.07, 6.45) is 1.09. The zero-order chi connectivity index (χ0) is 20.1. The molecule has 1 aromatic heterocycles. The van der Waals surface area contributed by atoms with Crippen molar-refractivity contribution in [3.05, 3.63) is 69.9 Å². The number of hydrazone groups is 1. The zero-order valence-corrected chi connectivity index (χ0v) is 14.6. The third-order valence-corrected chi connectivity index (χ3v) is 3.79. The van der Waals surface area contributed by atoms with Crippen LogP contribution in [-0.2, 0) is 0 Å². The van der Waals surface area contributed by atoms with Gasteiger partial charge in [-0.25, -0.2) is 5.43 Å². The Bertz CT molecular complexity index is 1050. The number of carbonyl (C=O) groups is 1. The first-order valence-corrected chi connectivity index (χ1v) is 8.00. The molecule has 1 heterocycles. The van der Waals surface area contributed by atoms with Crippen LogP contribution in [0.2, 0.25) is 0 Å². The minimum atomic E-state index is -0.706. The van der Waals surface area contributed by atoms with Gasteiger partial charge in [0.2, 0.25) is 5.75 Å². The van der Waals surface area contributed by atoms with Crippen LogP contribution in [0, 0.1) is 10.1 Å². The normalized spacial score (nSPS) is 10.8. The summed E-state index contributed by atoms with van der Waals surface area (Å²) in [5.74, 6) is -1.23. The van der Waals surface area contributed by atoms with Gasteiger partial charge in [0, 0.05) is 5.56 Å². The molecule has 3 N–H and O–H groups in total. The van der Waals surface area contributed by atoms with Crippen molar-refractivity contribution in [2.75, 3.05) is 7.11 Å². The van der Waals surface area contributed by atoms with Crippen molar-refractivity contribution in [3.8, 4) is 22.8 Å². The maximum Gasteiger partial charge on any atom is 0.323 e. The molecule has 0 radical (unpaired) electrons. The van der Waals surface area contributed by atoms with Crippen LogP contribution in [0.25, 0.3) is 11.3 Å². The summed E-state index contributed by atoms with van der Waals surface area (Å²) in [4.78, 5) is 22.7. The number of phenolic OH excluding ortho intramolecular Hbond substituents is 1. The number of methoxy groups -OCH3 is 1. The van der Waals surface area contributed by atoms with Crippen molar-refractivity contribution < 1.29 is 19.6 Å². The molecule has 3 aromatic rings. The van der Waals surface area contributed by atoms with E-state index in [0.717, 1.165) is 11.8 Å². The molecule has 0 bridgehead atoms. The molecule has 3 rings (SSSR count). The SMILES string of the molecule is COc1c(O)ccc(C=NNC(=O)c2cc(-c3ccccc3)n[nH]2)c1[N+](=O)[O-]. The fourth-order valence-electron chi connectivity index (χ4n) is 2.48. The number of phenols is 1. The maximum atomic E-state index is 12.2. The molecule has 1 amide bonds. The Morgan fingerprint density at radius 1 is 1.32 bits per heavy atom. The second-order valence-corrected chi connectivity index (χ2v) is 5.54. The van der Waals surface area contributed by atoms with Gasteiger partial charge in [-0.15, -0.1) is 0 Å². The molecule has 10 heteroatoms. The zero-order valence-electron chi connectivity index (χ0n) is 14.6. The van der Waals surface area contributed by atoms with E-state index >= 15 is 0 Å². The number of benzene rings is 2. The van der Waals surface area contributed by atoms with Gasteiger partial charge in [0.25, 0.3) is 5.91 Å². The predicted octanol–water partition coefficient (Wildman–Crippen LogP) is 2.46. The van der Waals surface area contributed by atoms with E-state index in [9.17, 15) is 20.0 Å². The number of nitro benzene ring substituents is 1. The number of nitrogens with one attached hydrogen (secondary N) is 2. The van der Waals surface area contributed by atoms with E-state index in [1.54, 1.807) is 6.07 Å². The standard InChI is InChI=1S/C18H15N5O5/c1-28-17-15(24)8-7-12(16(17)23(26)27)10-19-22-18(25)14-9-13(20-21-14)11-5-3-2-4-6-11/h2-10,24H,1H3,(H,20,21)(H,22,25). The topological polar surface area (TPSA) is 143 Å². The van der Waals surface area contributed by atoms with E-state index in [-0.39, 0.29) is 22.8 Å². The Morgan fingerprint density at radius 3 is 2.75 bits per heavy atom. The summed E-state index contributed by atoms with van der Waals surface area (Å²) in [7, 11) is 1.20. The van der Waals surface area contributed by atoms with Crippen molar-refractivity contribution in [3.63, 3.8) is 0 Å². The Labute approximate surface area is 158 Å². The van der Waals surface area contributed by atoms with Crippen molar-refractivity contribution in [2.45, 2.75) is 0 Å². The number of ether oxygens (including phenoxy) is 1. The molecule has 0 unspecified atom stereocenters. The summed E-state index contributed by atoms with van der Waals surface area (Å²) in [5, 5.41) is 31.3. The molecule has 0 saturated heterocycles. The fraction of sp³-hybridized carbons (Fsp3) is 0.0556. The molecule has 10 nitrogen and oxygen atoms in total. The van der Waals surface area contributed by atoms with Gasteiger partial charge >= 0.3 is 5.69 Å². The fourth-order valence-corrected chi connectivity index (χ4v) is 2.48. The molecule has 0 atom stereocenters. The molecular formula is C18H15N5O5. The minimum Gasteiger partial charge on any atom is -0.504 e. The maximum absolute atomic E-state index is 12.2. The lowest BCUT2D eigenvalue weighted by Gasteiger charge is -2.06. The van der Waals surface area contributed by atoms with Crippen LogP contribution in [0.15, 0.2) is 53.6 Å². The monoisotopic (exact) mass is 381 g/mol. The lowest BCUT2D eigenvalue weighted by molar-refractivity contribution is -0.386. The Kier molecular flexibility index (Phi) is 5.30. The van der Waals surface area contributed by atoms with Crippen LogP contribution < -0.4 is 10.2 Å². The van der Waals surface area contributed by atoms with Crippen molar-refractivity contribution >= 4 is 17.8 Å². The van der Waals surface area contributed by atoms with Gasteiger partial charge < -0.3 is 9.84 Å². The molecule has 0 aliphatic heterocycles. The van der Waals surface area contributed by atoms with Gasteiger partial charge in [-0.1, -0.05) is 30.3 Å². The summed E-state index contributed by atoms with van der Waals surface area (Å²) in [6, 6.07) is 13.4. The lowest BCUT2D eigenvalue weighted by Crippen LogP contribution is -2.18. The first kappa shape index (κ1) is 18.6. The van der Waals surface area contributed by atoms with E-state index in [0.29, 0.717) is 5.69 Å². The van der Waals surface area contributed by atoms with E-state index in [1.165, 1.54) is 19.2 Å². The highest BCUT2D eigenvalue weighted by molar-refractivity contribution is 5.95. The van der Waals surface area contributed by atoms with Crippen LogP contribution in [-0.4, -0.2) is 39.5 Å². The quantitative estimate of drug-likeness (QED) is 0.340. The van der Waals surface area contributed by atoms with E-state index in [2.05, 4.69) is 20.7 Å². The average molecular weight is 381 g/mol. The number of hydrogen-bond acceptors (Lipinski definition) is 7. The largest absolute Gasteiger partial charge is 0.504 e. The number of aromatic amines is 1. The minimum absolute atomic E-state index is 0.0505. The molecule has 142 valence electrons. The highest BCUT2D eigenvalue weighted by Gasteiger charge is 2.23. The van der Waals surface area contributed by atoms with Gasteiger partial charge in [0.05, 0.1) is 29.5 Å². The molecule has 0 fully saturated rings. The first-order chi connectivity index (χ1) is 13.5. The highest BCUT2D eigenvalue weighted by Crippen LogP contribution is 2.37. The second-order valence-electron chi connectivity index (χ2n) is 5.54. The van der Waals surface area contributed by atoms with Gasteiger partial charge in [-0.2, -0.15) is 10.2 Å². The van der Waals surface area contributed by atoms with Crippen molar-refractivity contribution in [1.82, 2.24) is 15.6 Å². The third-order valence-electron chi connectivity index (χ3n) is 3.79. The van der Waals surface area contributed by atoms with Crippen LogP contribution in [0.1, 0.15) is 16.1 Å². The smallest absolute Gasteiger partial charge is 0.323 e. The summed E-state index contributed by atoms with van der Waals surface area (Å²) in [5.41, 5.74) is 3.46. The third kappa shape index (κ3) is 3.80. The van der Waals surface area contributed by atoms with Crippen LogP contribution in [0.5, 0.6) is 11.5 Å². The van der Waals surface area contributed by atoms with Crippen molar-refractivity contribution in [1.29, 1.82) is 0 Å². The number of hydrogen-bond donors (Lipinski definition) is 3. The molecule has 28 heavy (non-hydrogen) atoms. The Hall–Kier alpha value is -4.21. The van der Waals surface area contributed by atoms with Crippen molar-refractivity contribution in [2.24, 2.45) is 5.10 Å². The lowest BCUT2D eigenvalue weighted by atomic mass is 10.1. The summed E-state index contributed by atoms with van der Waals surface area (Å²) >= 11 is 0. The highest BCUT2D eigenvalue weighted by atomic mass is 16.6. The first-order valence-electron chi connectivity index (χ1n) is 8.00. The number of aromatic nitrogens is 2. The Balaban J connectivity index is 1.76. The number of nitro groups is 1. The van der Waals surface area contributed by atoms with E-state index < -0.39 is 16.5 Å². The summed E-state index contributed by atoms with van der Waals surface area (Å²) in [6.45, 7) is 0. The Morgan fingerprint density at radius 2 is 2.07 bits per heavy atom. The average Bonchev–Trinajstić information content (AvgIpc) is 3.19. The van der Waals surface area contributed by atoms with Gasteiger partial charge in [-0.05, 0) is 18.2 Å². The number of carbonyl (C=O) groups excluding carboxylic acids is 1. The van der Waals surface area contributed by atoms with E-state index in [1.807, 2.05) is 30.3 Å². The number of nitrogens with zero attached hydrogens (tertiary/aromatic N) is 3. The summed E-state index contributed by atoms with van der Waals surface area (Å²) < 4.78 is 4.87. The molecule has 0 aliphatic carbocycles. The molecule has 0 aliphatic rings. The van der Waals surface area contributed by atoms with Crippen LogP contribution in [0.3, 0.4) is 0 Å². The molecule has 2 aromatic carbocycles. The molecule has 0 saturated carbocycles. The predicted molar refractivity (Wildman–Crippen MR) is 100 cm³/mol. The second kappa shape index (κ2) is 7.99. The molecule has 0 spiro atoms.